The highest BCUT2D eigenvalue weighted by Crippen LogP contribution is 2.53. The van der Waals surface area contributed by atoms with E-state index in [4.69, 9.17) is 21.1 Å². The number of hydrogen-bond acceptors (Lipinski definition) is 5. The van der Waals surface area contributed by atoms with Crippen molar-refractivity contribution in [3.05, 3.63) is 94.5 Å². The van der Waals surface area contributed by atoms with Gasteiger partial charge in [0.15, 0.2) is 21.4 Å². The fourth-order valence-electron chi connectivity index (χ4n) is 5.60. The molecule has 2 atom stereocenters. The van der Waals surface area contributed by atoms with E-state index in [-0.39, 0.29) is 29.2 Å². The Morgan fingerprint density at radius 3 is 2.51 bits per heavy atom. The summed E-state index contributed by atoms with van der Waals surface area (Å²) < 4.78 is 68.7. The van der Waals surface area contributed by atoms with Crippen LogP contribution in [0.3, 0.4) is 0 Å². The van der Waals surface area contributed by atoms with Gasteiger partial charge in [0.2, 0.25) is 0 Å². The van der Waals surface area contributed by atoms with E-state index in [1.54, 1.807) is 0 Å². The molecule has 2 aliphatic heterocycles. The molecule has 0 radical (unpaired) electrons. The smallest absolute Gasteiger partial charge is 0.190 e. The van der Waals surface area contributed by atoms with Gasteiger partial charge in [-0.2, -0.15) is 0 Å². The molecule has 5 nitrogen and oxygen atoms in total. The highest BCUT2D eigenvalue weighted by molar-refractivity contribution is 7.92. The van der Waals surface area contributed by atoms with Crippen molar-refractivity contribution in [3.8, 4) is 5.75 Å². The number of benzene rings is 3. The van der Waals surface area contributed by atoms with Crippen LogP contribution in [0.5, 0.6) is 5.75 Å². The number of fused-ring (bicyclic) bond motifs is 3. The number of rotatable bonds is 8. The minimum absolute atomic E-state index is 0.0199. The molecule has 1 fully saturated rings. The summed E-state index contributed by atoms with van der Waals surface area (Å²) in [6.07, 6.45) is 1.31. The van der Waals surface area contributed by atoms with E-state index >= 15 is 4.39 Å². The van der Waals surface area contributed by atoms with E-state index in [2.05, 4.69) is 0 Å². The third kappa shape index (κ3) is 4.76. The van der Waals surface area contributed by atoms with Crippen molar-refractivity contribution in [1.82, 2.24) is 4.90 Å². The van der Waals surface area contributed by atoms with Crippen molar-refractivity contribution in [1.29, 1.82) is 0 Å². The number of likely N-dealkylation sites (tertiary alicyclic amines) is 1. The number of sulfone groups is 1. The average molecular weight is 548 g/mol. The lowest BCUT2D eigenvalue weighted by Crippen LogP contribution is -2.63. The van der Waals surface area contributed by atoms with Crippen molar-refractivity contribution in [3.63, 3.8) is 0 Å². The van der Waals surface area contributed by atoms with E-state index in [9.17, 15) is 12.8 Å². The maximum atomic E-state index is 15.4. The Morgan fingerprint density at radius 2 is 1.76 bits per heavy atom. The van der Waals surface area contributed by atoms with Crippen LogP contribution in [0.2, 0.25) is 5.02 Å². The summed E-state index contributed by atoms with van der Waals surface area (Å²) in [4.78, 5) is 2.04. The van der Waals surface area contributed by atoms with Gasteiger partial charge in [0.05, 0.1) is 23.1 Å². The quantitative estimate of drug-likeness (QED) is 0.336. The van der Waals surface area contributed by atoms with Crippen molar-refractivity contribution in [2.24, 2.45) is 0 Å². The largest absolute Gasteiger partial charge is 0.488 e. The minimum Gasteiger partial charge on any atom is -0.488 e. The second-order valence-corrected chi connectivity index (χ2v) is 12.1. The molecule has 0 amide bonds. The summed E-state index contributed by atoms with van der Waals surface area (Å²) >= 11 is 6.01. The number of piperidine rings is 1. The molecule has 0 aliphatic carbocycles. The van der Waals surface area contributed by atoms with Crippen LogP contribution in [-0.2, 0) is 25.9 Å². The summed E-state index contributed by atoms with van der Waals surface area (Å²) in [5.41, 5.74) is 0.854. The maximum absolute atomic E-state index is 15.4. The van der Waals surface area contributed by atoms with Gasteiger partial charge in [0.1, 0.15) is 17.2 Å². The molecule has 0 aromatic heterocycles. The van der Waals surface area contributed by atoms with Crippen molar-refractivity contribution >= 4 is 21.4 Å². The molecule has 0 spiro atoms. The Morgan fingerprint density at radius 1 is 1.03 bits per heavy atom. The molecule has 3 aromatic carbocycles. The predicted octanol–water partition coefficient (Wildman–Crippen LogP) is 5.75. The topological polar surface area (TPSA) is 55.8 Å². The SMILES string of the molecule is O=S(=O)(c1ccc(Cl)cc1)[C@@]12CCCN(CCCOCc3ccccc3)C1COc1c(F)ccc(F)c12. The highest BCUT2D eigenvalue weighted by Gasteiger charge is 2.60. The summed E-state index contributed by atoms with van der Waals surface area (Å²) in [7, 11) is -4.18. The van der Waals surface area contributed by atoms with Crippen LogP contribution in [0.1, 0.15) is 30.4 Å². The zero-order chi connectivity index (χ0) is 26.0. The zero-order valence-electron chi connectivity index (χ0n) is 20.2. The molecule has 1 saturated heterocycles. The molecule has 2 heterocycles. The lowest BCUT2D eigenvalue weighted by atomic mass is 9.80. The normalized spacial score (nSPS) is 21.6. The molecule has 2 aliphatic rings. The second kappa shape index (κ2) is 10.7. The van der Waals surface area contributed by atoms with Crippen LogP contribution >= 0.6 is 11.6 Å². The monoisotopic (exact) mass is 547 g/mol. The first-order valence-corrected chi connectivity index (χ1v) is 14.2. The average Bonchev–Trinajstić information content (AvgIpc) is 2.91. The highest BCUT2D eigenvalue weighted by atomic mass is 35.5. The minimum atomic E-state index is -4.18. The zero-order valence-corrected chi connectivity index (χ0v) is 21.8. The van der Waals surface area contributed by atoms with E-state index in [0.717, 1.165) is 17.7 Å². The van der Waals surface area contributed by atoms with Crippen molar-refractivity contribution in [2.45, 2.75) is 41.6 Å². The lowest BCUT2D eigenvalue weighted by Gasteiger charge is -2.52. The fraction of sp³-hybridized carbons (Fsp3) is 0.357. The molecular formula is C28H28ClF2NO4S. The second-order valence-electron chi connectivity index (χ2n) is 9.44. The summed E-state index contributed by atoms with van der Waals surface area (Å²) in [6.45, 7) is 2.06. The van der Waals surface area contributed by atoms with Crippen molar-refractivity contribution in [2.75, 3.05) is 26.3 Å². The Balaban J connectivity index is 1.46. The van der Waals surface area contributed by atoms with Gasteiger partial charge in [-0.05, 0) is 67.8 Å². The van der Waals surface area contributed by atoms with E-state index in [1.165, 1.54) is 24.3 Å². The van der Waals surface area contributed by atoms with Gasteiger partial charge in [-0.3, -0.25) is 4.90 Å². The lowest BCUT2D eigenvalue weighted by molar-refractivity contribution is 0.0336. The van der Waals surface area contributed by atoms with E-state index in [1.807, 2.05) is 35.2 Å². The molecule has 0 bridgehead atoms. The number of ether oxygens (including phenoxy) is 2. The Bertz CT molecular complexity index is 1350. The van der Waals surface area contributed by atoms with Crippen LogP contribution in [0.25, 0.3) is 0 Å². The van der Waals surface area contributed by atoms with Gasteiger partial charge in [0, 0.05) is 18.2 Å². The summed E-state index contributed by atoms with van der Waals surface area (Å²) in [6, 6.07) is 16.9. The van der Waals surface area contributed by atoms with Gasteiger partial charge >= 0.3 is 0 Å². The van der Waals surface area contributed by atoms with Gasteiger partial charge in [-0.15, -0.1) is 0 Å². The number of halogens is 3. The van der Waals surface area contributed by atoms with Gasteiger partial charge < -0.3 is 9.47 Å². The Labute approximate surface area is 220 Å². The first-order chi connectivity index (χ1) is 17.8. The molecule has 196 valence electrons. The Kier molecular flexibility index (Phi) is 7.54. The van der Waals surface area contributed by atoms with Crippen LogP contribution in [0.15, 0.2) is 71.6 Å². The first-order valence-electron chi connectivity index (χ1n) is 12.3. The van der Waals surface area contributed by atoms with Gasteiger partial charge in [-0.25, -0.2) is 17.2 Å². The maximum Gasteiger partial charge on any atom is 0.190 e. The third-order valence-electron chi connectivity index (χ3n) is 7.29. The molecule has 1 unspecified atom stereocenters. The molecule has 37 heavy (non-hydrogen) atoms. The van der Waals surface area contributed by atoms with Crippen LogP contribution < -0.4 is 4.74 Å². The van der Waals surface area contributed by atoms with E-state index < -0.39 is 32.3 Å². The fourth-order valence-corrected chi connectivity index (χ4v) is 8.09. The first kappa shape index (κ1) is 26.1. The number of nitrogens with zero attached hydrogens (tertiary/aromatic N) is 1. The standard InChI is InChI=1S/C28H28ClF2NO4S/c29-21-8-10-22(11-9-21)37(33,34)28-14-4-15-32(16-5-17-35-18-20-6-2-1-3-7-20)25(28)19-36-27-24(31)13-12-23(30)26(27)28/h1-3,6-13,25H,4-5,14-19H2/t25?,28-/m0/s1. The van der Waals surface area contributed by atoms with Crippen LogP contribution in [0, 0.1) is 11.6 Å². The summed E-state index contributed by atoms with van der Waals surface area (Å²) in [5, 5.41) is 0.387. The Hall–Kier alpha value is -2.52. The van der Waals surface area contributed by atoms with Crippen molar-refractivity contribution < 1.29 is 26.7 Å². The molecule has 0 N–H and O–H groups in total. The molecule has 0 saturated carbocycles. The van der Waals surface area contributed by atoms with Gasteiger partial charge in [-0.1, -0.05) is 41.9 Å². The molecule has 5 rings (SSSR count). The molecule has 3 aromatic rings. The third-order valence-corrected chi connectivity index (χ3v) is 10.1. The van der Waals surface area contributed by atoms with Crippen LogP contribution in [0.4, 0.5) is 8.78 Å². The van der Waals surface area contributed by atoms with E-state index in [0.29, 0.717) is 44.2 Å². The molecule has 9 heteroatoms. The molecular weight excluding hydrogens is 520 g/mol. The van der Waals surface area contributed by atoms with Crippen LogP contribution in [-0.4, -0.2) is 45.7 Å². The predicted molar refractivity (Wildman–Crippen MR) is 137 cm³/mol. The summed E-state index contributed by atoms with van der Waals surface area (Å²) in [5.74, 6) is -1.87. The number of hydrogen-bond donors (Lipinski definition) is 0. The van der Waals surface area contributed by atoms with Gasteiger partial charge in [0.25, 0.3) is 0 Å².